The topological polar surface area (TPSA) is 63.4 Å². The van der Waals surface area contributed by atoms with E-state index >= 15 is 0 Å². The Balaban J connectivity index is 2.45. The van der Waals surface area contributed by atoms with E-state index in [0.29, 0.717) is 0 Å². The van der Waals surface area contributed by atoms with Crippen molar-refractivity contribution in [2.75, 3.05) is 6.61 Å². The zero-order chi connectivity index (χ0) is 7.56. The van der Waals surface area contributed by atoms with Gasteiger partial charge in [0, 0.05) is 0 Å². The van der Waals surface area contributed by atoms with Gasteiger partial charge in [-0.25, -0.2) is 0 Å². The van der Waals surface area contributed by atoms with Crippen LogP contribution in [0.15, 0.2) is 0 Å². The average molecular weight is 147 g/mol. The van der Waals surface area contributed by atoms with Crippen LogP contribution in [0.5, 0.6) is 0 Å². The first-order valence-corrected chi connectivity index (χ1v) is 3.76. The fourth-order valence-electron chi connectivity index (χ4n) is 1.49. The van der Waals surface area contributed by atoms with Crippen molar-refractivity contribution in [3.8, 4) is 0 Å². The van der Waals surface area contributed by atoms with E-state index in [2.05, 4.69) is 0 Å². The fraction of sp³-hybridized carbons (Fsp3) is 1.00. The highest BCUT2D eigenvalue weighted by molar-refractivity contribution is 4.80. The Morgan fingerprint density at radius 1 is 1.20 bits per heavy atom. The molecule has 1 aliphatic carbocycles. The van der Waals surface area contributed by atoms with Crippen LogP contribution in [0.2, 0.25) is 0 Å². The molecule has 10 heavy (non-hydrogen) atoms. The number of hydrogen-bond donors (Lipinski definition) is 2. The lowest BCUT2D eigenvalue weighted by Crippen LogP contribution is -2.38. The Morgan fingerprint density at radius 3 is 2.00 bits per heavy atom. The molecule has 1 aliphatic rings. The van der Waals surface area contributed by atoms with Gasteiger partial charge in [0.15, 0.2) is 6.61 Å². The fourth-order valence-corrected chi connectivity index (χ4v) is 1.49. The molecule has 3 heteroatoms. The highest BCUT2D eigenvalue weighted by Gasteiger charge is 2.31. The summed E-state index contributed by atoms with van der Waals surface area (Å²) in [6, 6.07) is 0. The molecule has 0 aliphatic heterocycles. The third kappa shape index (κ3) is 1.48. The Morgan fingerprint density at radius 2 is 1.70 bits per heavy atom. The van der Waals surface area contributed by atoms with E-state index in [-0.39, 0.29) is 12.5 Å². The minimum absolute atomic E-state index is 0.141. The molecule has 60 valence electrons. The highest BCUT2D eigenvalue weighted by Crippen LogP contribution is 2.24. The normalized spacial score (nSPS) is 41.7. The molecule has 0 aromatic carbocycles. The molecule has 1 rings (SSSR count). The molecule has 0 aromatic heterocycles. The van der Waals surface area contributed by atoms with Crippen LogP contribution < -0.4 is 0 Å². The van der Waals surface area contributed by atoms with Gasteiger partial charge in [0.25, 0.3) is 0 Å². The van der Waals surface area contributed by atoms with Gasteiger partial charge in [0.05, 0.1) is 18.1 Å². The number of hydrogen-bond acceptors (Lipinski definition) is 2. The van der Waals surface area contributed by atoms with Crippen molar-refractivity contribution in [3.63, 3.8) is 0 Å². The quantitative estimate of drug-likeness (QED) is 0.478. The largest absolute Gasteiger partial charge is 0.445 e. The predicted octanol–water partition coefficient (Wildman–Crippen LogP) is -0.767. The van der Waals surface area contributed by atoms with E-state index in [0.717, 1.165) is 19.3 Å². The molecule has 0 bridgehead atoms. The van der Waals surface area contributed by atoms with Gasteiger partial charge in [-0.2, -0.15) is 0 Å². The first-order chi connectivity index (χ1) is 4.75. The lowest BCUT2D eigenvalue weighted by Gasteiger charge is -2.28. The zero-order valence-corrected chi connectivity index (χ0v) is 5.95. The monoisotopic (exact) mass is 147 g/mol. The molecule has 0 aromatic rings. The molecule has 0 saturated heterocycles. The molecule has 3 nitrogen and oxygen atoms in total. The second kappa shape index (κ2) is 3.32. The predicted molar refractivity (Wildman–Crippen MR) is 37.8 cm³/mol. The van der Waals surface area contributed by atoms with Crippen LogP contribution in [0, 0.1) is 5.92 Å². The summed E-state index contributed by atoms with van der Waals surface area (Å²) >= 11 is 0. The van der Waals surface area contributed by atoms with Crippen molar-refractivity contribution >= 4 is 0 Å². The van der Waals surface area contributed by atoms with Crippen molar-refractivity contribution in [2.45, 2.75) is 31.5 Å². The molecule has 0 spiro atoms. The van der Waals surface area contributed by atoms with Gasteiger partial charge in [-0.3, -0.25) is 0 Å². The zero-order valence-electron chi connectivity index (χ0n) is 5.95. The van der Waals surface area contributed by atoms with Gasteiger partial charge < -0.3 is 15.3 Å². The molecule has 1 fully saturated rings. The second-order valence-electron chi connectivity index (χ2n) is 2.93. The second-order valence-corrected chi connectivity index (χ2v) is 2.93. The molecule has 0 heterocycles. The summed E-state index contributed by atoms with van der Waals surface area (Å²) in [5.74, 6) is -0.200. The van der Waals surface area contributed by atoms with Crippen LogP contribution >= 0.6 is 0 Å². The molecule has 0 amide bonds. The van der Waals surface area contributed by atoms with Crippen LogP contribution in [-0.4, -0.2) is 34.1 Å². The minimum Gasteiger partial charge on any atom is -0.445 e. The Kier molecular flexibility index (Phi) is 2.65. The van der Waals surface area contributed by atoms with E-state index in [1.54, 1.807) is 0 Å². The number of rotatable bonds is 1. The Bertz CT molecular complexity index is 95.0. The smallest absolute Gasteiger partial charge is 0.151 e. The summed E-state index contributed by atoms with van der Waals surface area (Å²) in [6.07, 6.45) is 1.50. The maximum Gasteiger partial charge on any atom is 0.151 e. The van der Waals surface area contributed by atoms with Crippen LogP contribution in [0.3, 0.4) is 0 Å². The van der Waals surface area contributed by atoms with E-state index in [1.807, 2.05) is 0 Å². The lowest BCUT2D eigenvalue weighted by atomic mass is 9.85. The third-order valence-corrected chi connectivity index (χ3v) is 2.22. The lowest BCUT2D eigenvalue weighted by molar-refractivity contribution is -0.0464. The molecular formula is C7H15O3+. The molecular weight excluding hydrogens is 132 g/mol. The van der Waals surface area contributed by atoms with Crippen LogP contribution in [0.25, 0.3) is 0 Å². The SMILES string of the molecule is OC1CCCC(O)C1C[OH2+]. The van der Waals surface area contributed by atoms with E-state index in [4.69, 9.17) is 5.11 Å². The summed E-state index contributed by atoms with van der Waals surface area (Å²) in [5, 5.41) is 25.6. The molecule has 2 unspecified atom stereocenters. The highest BCUT2D eigenvalue weighted by atomic mass is 16.3. The first-order valence-electron chi connectivity index (χ1n) is 3.76. The van der Waals surface area contributed by atoms with Crippen molar-refractivity contribution in [3.05, 3.63) is 0 Å². The maximum absolute atomic E-state index is 9.26. The van der Waals surface area contributed by atoms with Crippen molar-refractivity contribution < 1.29 is 15.3 Å². The van der Waals surface area contributed by atoms with Gasteiger partial charge in [0.2, 0.25) is 0 Å². The summed E-state index contributed by atoms with van der Waals surface area (Å²) in [4.78, 5) is 0. The summed E-state index contributed by atoms with van der Waals surface area (Å²) in [6.45, 7) is 0.141. The van der Waals surface area contributed by atoms with Gasteiger partial charge in [0.1, 0.15) is 0 Å². The van der Waals surface area contributed by atoms with Crippen LogP contribution in [0.4, 0.5) is 0 Å². The number of aliphatic hydroxyl groups is 2. The average Bonchev–Trinajstić information content (AvgIpc) is 1.88. The molecule has 0 radical (unpaired) electrons. The Labute approximate surface area is 60.3 Å². The summed E-state index contributed by atoms with van der Waals surface area (Å²) < 4.78 is 0. The van der Waals surface area contributed by atoms with Gasteiger partial charge >= 0.3 is 0 Å². The van der Waals surface area contributed by atoms with Crippen molar-refractivity contribution in [1.82, 2.24) is 0 Å². The van der Waals surface area contributed by atoms with Gasteiger partial charge in [-0.15, -0.1) is 0 Å². The van der Waals surface area contributed by atoms with Gasteiger partial charge in [-0.1, -0.05) is 0 Å². The standard InChI is InChI=1S/C7H14O3/c8-4-5-6(9)2-1-3-7(5)10/h5-10H,1-4H2/p+1. The maximum atomic E-state index is 9.26. The van der Waals surface area contributed by atoms with E-state index < -0.39 is 12.2 Å². The molecule has 1 saturated carbocycles. The molecule has 2 atom stereocenters. The minimum atomic E-state index is -0.443. The van der Waals surface area contributed by atoms with Crippen molar-refractivity contribution in [1.29, 1.82) is 0 Å². The first kappa shape index (κ1) is 7.98. The van der Waals surface area contributed by atoms with Crippen LogP contribution in [0.1, 0.15) is 19.3 Å². The van der Waals surface area contributed by atoms with E-state index in [9.17, 15) is 10.2 Å². The van der Waals surface area contributed by atoms with Crippen LogP contribution in [-0.2, 0) is 0 Å². The third-order valence-electron chi connectivity index (χ3n) is 2.22. The summed E-state index contributed by atoms with van der Waals surface area (Å²) in [5.41, 5.74) is 0. The van der Waals surface area contributed by atoms with Gasteiger partial charge in [-0.05, 0) is 19.3 Å². The molecule has 4 N–H and O–H groups in total. The van der Waals surface area contributed by atoms with E-state index in [1.165, 1.54) is 0 Å². The van der Waals surface area contributed by atoms with Crippen molar-refractivity contribution in [2.24, 2.45) is 5.92 Å². The Hall–Kier alpha value is -0.120. The number of aliphatic hydroxyl groups excluding tert-OH is 2. The summed E-state index contributed by atoms with van der Waals surface area (Å²) in [7, 11) is 0.